The molecule has 1 amide bonds. The lowest BCUT2D eigenvalue weighted by Crippen LogP contribution is -2.32. The second-order valence-corrected chi connectivity index (χ2v) is 3.53. The molecule has 0 aliphatic carbocycles. The van der Waals surface area contributed by atoms with Crippen LogP contribution >= 0.6 is 0 Å². The second kappa shape index (κ2) is 4.71. The number of aryl methyl sites for hydroxylation is 1. The van der Waals surface area contributed by atoms with Crippen LogP contribution in [0, 0.1) is 17.0 Å². The largest absolute Gasteiger partial charge is 0.324 e. The number of nitrogens with one attached hydrogen (secondary N) is 1. The first-order valence-corrected chi connectivity index (χ1v) is 4.73. The Balaban J connectivity index is 2.99. The summed E-state index contributed by atoms with van der Waals surface area (Å²) in [6, 6.07) is 3.63. The Kier molecular flexibility index (Phi) is 3.57. The number of amides is 1. The first-order valence-electron chi connectivity index (χ1n) is 4.73. The number of rotatable bonds is 3. The van der Waals surface area contributed by atoms with E-state index in [0.29, 0.717) is 5.69 Å². The first kappa shape index (κ1) is 12.1. The summed E-state index contributed by atoms with van der Waals surface area (Å²) < 4.78 is 0. The van der Waals surface area contributed by atoms with Crippen LogP contribution in [0.15, 0.2) is 18.2 Å². The smallest absolute Gasteiger partial charge is 0.271 e. The maximum Gasteiger partial charge on any atom is 0.271 e. The molecule has 86 valence electrons. The number of nitrogens with two attached hydrogens (primary N) is 1. The van der Waals surface area contributed by atoms with Crippen LogP contribution in [0.25, 0.3) is 0 Å². The molecule has 0 aliphatic heterocycles. The Morgan fingerprint density at radius 3 is 2.69 bits per heavy atom. The minimum atomic E-state index is -0.654. The van der Waals surface area contributed by atoms with E-state index < -0.39 is 11.0 Å². The van der Waals surface area contributed by atoms with Gasteiger partial charge in [-0.25, -0.2) is 0 Å². The van der Waals surface area contributed by atoms with Crippen LogP contribution in [0.1, 0.15) is 12.5 Å². The Bertz CT molecular complexity index is 429. The van der Waals surface area contributed by atoms with E-state index in [2.05, 4.69) is 5.32 Å². The number of nitro benzene ring substituents is 1. The summed E-state index contributed by atoms with van der Waals surface area (Å²) >= 11 is 0. The van der Waals surface area contributed by atoms with Crippen LogP contribution in [-0.4, -0.2) is 16.9 Å². The van der Waals surface area contributed by atoms with Gasteiger partial charge < -0.3 is 11.1 Å². The van der Waals surface area contributed by atoms with E-state index >= 15 is 0 Å². The van der Waals surface area contributed by atoms with Crippen molar-refractivity contribution in [3.8, 4) is 0 Å². The van der Waals surface area contributed by atoms with E-state index in [9.17, 15) is 14.9 Å². The summed E-state index contributed by atoms with van der Waals surface area (Å²) in [5, 5.41) is 13.1. The van der Waals surface area contributed by atoms with Gasteiger partial charge in [-0.15, -0.1) is 0 Å². The predicted molar refractivity (Wildman–Crippen MR) is 60.1 cm³/mol. The molecule has 3 N–H and O–H groups in total. The van der Waals surface area contributed by atoms with Crippen LogP contribution in [0.4, 0.5) is 11.4 Å². The van der Waals surface area contributed by atoms with Gasteiger partial charge >= 0.3 is 0 Å². The van der Waals surface area contributed by atoms with Gasteiger partial charge in [0.2, 0.25) is 5.91 Å². The van der Waals surface area contributed by atoms with Crippen LogP contribution in [-0.2, 0) is 4.79 Å². The first-order chi connectivity index (χ1) is 7.41. The molecule has 0 aromatic heterocycles. The number of nitro groups is 1. The van der Waals surface area contributed by atoms with Crippen molar-refractivity contribution in [1.82, 2.24) is 0 Å². The summed E-state index contributed by atoms with van der Waals surface area (Å²) in [4.78, 5) is 21.4. The highest BCUT2D eigenvalue weighted by Gasteiger charge is 2.12. The molecule has 0 unspecified atom stereocenters. The number of anilines is 1. The molecule has 0 aliphatic rings. The van der Waals surface area contributed by atoms with E-state index in [1.807, 2.05) is 0 Å². The summed E-state index contributed by atoms with van der Waals surface area (Å²) in [5.74, 6) is -0.372. The van der Waals surface area contributed by atoms with Gasteiger partial charge in [-0.05, 0) is 19.4 Å². The molecular weight excluding hydrogens is 210 g/mol. The van der Waals surface area contributed by atoms with Crippen LogP contribution in [0.5, 0.6) is 0 Å². The quantitative estimate of drug-likeness (QED) is 0.593. The molecular formula is C10H13N3O3. The van der Waals surface area contributed by atoms with Gasteiger partial charge in [0.05, 0.1) is 16.7 Å². The van der Waals surface area contributed by atoms with Crippen molar-refractivity contribution in [3.05, 3.63) is 33.9 Å². The van der Waals surface area contributed by atoms with E-state index in [1.165, 1.54) is 12.1 Å². The van der Waals surface area contributed by atoms with Gasteiger partial charge in [0.25, 0.3) is 5.69 Å². The molecule has 1 aromatic carbocycles. The molecule has 6 heteroatoms. The molecule has 0 bridgehead atoms. The lowest BCUT2D eigenvalue weighted by Gasteiger charge is -2.09. The van der Waals surface area contributed by atoms with Gasteiger partial charge in [-0.1, -0.05) is 6.07 Å². The van der Waals surface area contributed by atoms with E-state index in [1.54, 1.807) is 19.9 Å². The fourth-order valence-electron chi connectivity index (χ4n) is 1.10. The fourth-order valence-corrected chi connectivity index (χ4v) is 1.10. The van der Waals surface area contributed by atoms with Crippen LogP contribution in [0.2, 0.25) is 0 Å². The maximum absolute atomic E-state index is 11.3. The normalized spacial score (nSPS) is 11.9. The van der Waals surface area contributed by atoms with Crippen LogP contribution in [0.3, 0.4) is 0 Å². The monoisotopic (exact) mass is 223 g/mol. The molecule has 0 heterocycles. The summed E-state index contributed by atoms with van der Waals surface area (Å²) in [7, 11) is 0. The van der Waals surface area contributed by atoms with Gasteiger partial charge in [0, 0.05) is 12.1 Å². The van der Waals surface area contributed by atoms with Crippen molar-refractivity contribution in [2.75, 3.05) is 5.32 Å². The molecule has 0 radical (unpaired) electrons. The summed E-state index contributed by atoms with van der Waals surface area (Å²) in [6.45, 7) is 3.29. The van der Waals surface area contributed by atoms with Gasteiger partial charge in [-0.2, -0.15) is 0 Å². The predicted octanol–water partition coefficient (Wildman–Crippen LogP) is 1.19. The molecule has 6 nitrogen and oxygen atoms in total. The van der Waals surface area contributed by atoms with Crippen molar-refractivity contribution < 1.29 is 9.72 Å². The van der Waals surface area contributed by atoms with Crippen LogP contribution < -0.4 is 11.1 Å². The molecule has 1 rings (SSSR count). The van der Waals surface area contributed by atoms with Gasteiger partial charge in [0.1, 0.15) is 0 Å². The zero-order valence-electron chi connectivity index (χ0n) is 9.06. The van der Waals surface area contributed by atoms with Gasteiger partial charge in [-0.3, -0.25) is 14.9 Å². The number of nitrogens with zero attached hydrogens (tertiary/aromatic N) is 1. The third-order valence-electron chi connectivity index (χ3n) is 2.10. The number of carbonyl (C=O) groups is 1. The maximum atomic E-state index is 11.3. The lowest BCUT2D eigenvalue weighted by molar-refractivity contribution is -0.384. The molecule has 1 aromatic rings. The third kappa shape index (κ3) is 2.77. The Hall–Kier alpha value is -1.95. The van der Waals surface area contributed by atoms with Gasteiger partial charge in [0.15, 0.2) is 0 Å². The van der Waals surface area contributed by atoms with Crippen molar-refractivity contribution in [3.63, 3.8) is 0 Å². The highest BCUT2D eigenvalue weighted by molar-refractivity contribution is 5.95. The van der Waals surface area contributed by atoms with Crippen molar-refractivity contribution in [1.29, 1.82) is 0 Å². The zero-order chi connectivity index (χ0) is 12.3. The number of carbonyl (C=O) groups excluding carboxylic acids is 1. The Labute approximate surface area is 92.6 Å². The molecule has 16 heavy (non-hydrogen) atoms. The highest BCUT2D eigenvalue weighted by Crippen LogP contribution is 2.21. The SMILES string of the molecule is Cc1ccc([N+](=O)[O-])cc1NC(=O)[C@@H](C)N. The zero-order valence-corrected chi connectivity index (χ0v) is 9.06. The van der Waals surface area contributed by atoms with Crippen molar-refractivity contribution in [2.45, 2.75) is 19.9 Å². The summed E-state index contributed by atoms with van der Waals surface area (Å²) in [5.41, 5.74) is 6.48. The summed E-state index contributed by atoms with van der Waals surface area (Å²) in [6.07, 6.45) is 0. The number of hydrogen-bond acceptors (Lipinski definition) is 4. The van der Waals surface area contributed by atoms with E-state index in [4.69, 9.17) is 5.73 Å². The Morgan fingerprint density at radius 1 is 1.56 bits per heavy atom. The molecule has 1 atom stereocenters. The number of non-ortho nitro benzene ring substituents is 1. The standard InChI is InChI=1S/C10H13N3O3/c1-6-3-4-8(13(15)16)5-9(6)12-10(14)7(2)11/h3-5,7H,11H2,1-2H3,(H,12,14)/t7-/m1/s1. The molecule has 0 saturated carbocycles. The lowest BCUT2D eigenvalue weighted by atomic mass is 10.1. The van der Waals surface area contributed by atoms with E-state index in [0.717, 1.165) is 5.56 Å². The number of hydrogen-bond donors (Lipinski definition) is 2. The number of benzene rings is 1. The average Bonchev–Trinajstić information content (AvgIpc) is 2.20. The minimum Gasteiger partial charge on any atom is -0.324 e. The fraction of sp³-hybridized carbons (Fsp3) is 0.300. The second-order valence-electron chi connectivity index (χ2n) is 3.53. The average molecular weight is 223 g/mol. The third-order valence-corrected chi connectivity index (χ3v) is 2.10. The Morgan fingerprint density at radius 2 is 2.19 bits per heavy atom. The van der Waals surface area contributed by atoms with Crippen molar-refractivity contribution in [2.24, 2.45) is 5.73 Å². The topological polar surface area (TPSA) is 98.3 Å². The van der Waals surface area contributed by atoms with Crippen molar-refractivity contribution >= 4 is 17.3 Å². The molecule has 0 fully saturated rings. The molecule has 0 spiro atoms. The molecule has 0 saturated heterocycles. The van der Waals surface area contributed by atoms with E-state index in [-0.39, 0.29) is 11.6 Å². The minimum absolute atomic E-state index is 0.0643. The highest BCUT2D eigenvalue weighted by atomic mass is 16.6.